The third-order valence-electron chi connectivity index (χ3n) is 2.43. The largest absolute Gasteiger partial charge is 0.369 e. The summed E-state index contributed by atoms with van der Waals surface area (Å²) in [7, 11) is 0. The maximum atomic E-state index is 4.43. The first kappa shape index (κ1) is 14.2. The Bertz CT molecular complexity index is 543. The highest BCUT2D eigenvalue weighted by atomic mass is 79.9. The molecule has 0 unspecified atom stereocenters. The molecular weight excluding hydrogens is 326 g/mol. The van der Waals surface area contributed by atoms with Gasteiger partial charge >= 0.3 is 0 Å². The molecule has 0 aliphatic carbocycles. The first-order valence-electron chi connectivity index (χ1n) is 6.10. The van der Waals surface area contributed by atoms with Gasteiger partial charge in [0.25, 0.3) is 0 Å². The molecule has 0 radical (unpaired) electrons. The van der Waals surface area contributed by atoms with Crippen molar-refractivity contribution < 1.29 is 0 Å². The number of aromatic nitrogens is 3. The molecule has 7 heteroatoms. The second kappa shape index (κ2) is 6.81. The van der Waals surface area contributed by atoms with Crippen LogP contribution in [0.25, 0.3) is 0 Å². The van der Waals surface area contributed by atoms with Gasteiger partial charge in [-0.15, -0.1) is 11.3 Å². The fourth-order valence-electron chi connectivity index (χ4n) is 1.59. The third kappa shape index (κ3) is 3.87. The van der Waals surface area contributed by atoms with Crippen LogP contribution in [0, 0.1) is 6.92 Å². The third-order valence-corrected chi connectivity index (χ3v) is 4.21. The van der Waals surface area contributed by atoms with Crippen molar-refractivity contribution in [1.29, 1.82) is 0 Å². The van der Waals surface area contributed by atoms with E-state index in [1.807, 2.05) is 13.8 Å². The number of hydrogen-bond donors (Lipinski definition) is 2. The van der Waals surface area contributed by atoms with Crippen molar-refractivity contribution in [2.75, 3.05) is 23.7 Å². The van der Waals surface area contributed by atoms with Gasteiger partial charge in [-0.3, -0.25) is 0 Å². The van der Waals surface area contributed by atoms with Crippen LogP contribution < -0.4 is 10.6 Å². The normalized spacial score (nSPS) is 10.5. The molecule has 0 aliphatic rings. The van der Waals surface area contributed by atoms with Crippen molar-refractivity contribution in [2.45, 2.75) is 20.3 Å². The maximum Gasteiger partial charge on any atom is 0.145 e. The molecule has 0 bridgehead atoms. The lowest BCUT2D eigenvalue weighted by Gasteiger charge is -2.10. The van der Waals surface area contributed by atoms with Crippen molar-refractivity contribution in [2.24, 2.45) is 0 Å². The number of nitrogens with one attached hydrogen (secondary N) is 2. The number of rotatable bonds is 6. The van der Waals surface area contributed by atoms with Crippen LogP contribution in [-0.4, -0.2) is 28.0 Å². The Morgan fingerprint density at radius 1 is 1.26 bits per heavy atom. The number of anilines is 2. The zero-order valence-electron chi connectivity index (χ0n) is 10.9. The summed E-state index contributed by atoms with van der Waals surface area (Å²) in [5.41, 5.74) is 1.08. The number of hydrogen-bond acceptors (Lipinski definition) is 6. The van der Waals surface area contributed by atoms with Gasteiger partial charge in [-0.2, -0.15) is 0 Å². The van der Waals surface area contributed by atoms with E-state index in [0.717, 1.165) is 46.3 Å². The minimum Gasteiger partial charge on any atom is -0.369 e. The molecule has 0 aromatic carbocycles. The summed E-state index contributed by atoms with van der Waals surface area (Å²) in [5, 5.41) is 9.69. The first-order valence-corrected chi connectivity index (χ1v) is 7.77. The van der Waals surface area contributed by atoms with Crippen LogP contribution in [0.15, 0.2) is 16.2 Å². The van der Waals surface area contributed by atoms with Gasteiger partial charge in [0.15, 0.2) is 0 Å². The Kier molecular flexibility index (Phi) is 5.09. The quantitative estimate of drug-likeness (QED) is 0.845. The molecule has 2 rings (SSSR count). The molecule has 0 spiro atoms. The second-order valence-electron chi connectivity index (χ2n) is 3.97. The average Bonchev–Trinajstić information content (AvgIpc) is 2.80. The molecule has 2 N–H and O–H groups in total. The highest BCUT2D eigenvalue weighted by Gasteiger charge is 2.07. The van der Waals surface area contributed by atoms with E-state index in [1.165, 1.54) is 0 Å². The van der Waals surface area contributed by atoms with E-state index in [-0.39, 0.29) is 0 Å². The van der Waals surface area contributed by atoms with E-state index in [0.29, 0.717) is 0 Å². The topological polar surface area (TPSA) is 62.7 Å². The van der Waals surface area contributed by atoms with Gasteiger partial charge in [-0.1, -0.05) is 0 Å². The first-order chi connectivity index (χ1) is 9.20. The van der Waals surface area contributed by atoms with Crippen LogP contribution in [0.2, 0.25) is 0 Å². The Balaban J connectivity index is 1.94. The zero-order valence-corrected chi connectivity index (χ0v) is 13.3. The van der Waals surface area contributed by atoms with Gasteiger partial charge in [0.2, 0.25) is 0 Å². The maximum absolute atomic E-state index is 4.43. The minimum absolute atomic E-state index is 0.800. The molecule has 0 saturated heterocycles. The van der Waals surface area contributed by atoms with Gasteiger partial charge in [-0.25, -0.2) is 15.0 Å². The molecule has 2 aromatic rings. The van der Waals surface area contributed by atoms with E-state index >= 15 is 0 Å². The second-order valence-corrected chi connectivity index (χ2v) is 5.71. The van der Waals surface area contributed by atoms with Crippen molar-refractivity contribution in [3.8, 4) is 0 Å². The Hall–Kier alpha value is -1.21. The average molecular weight is 342 g/mol. The fourth-order valence-corrected chi connectivity index (χ4v) is 2.85. The van der Waals surface area contributed by atoms with E-state index in [9.17, 15) is 0 Å². The summed E-state index contributed by atoms with van der Waals surface area (Å²) < 4.78 is 0.868. The summed E-state index contributed by atoms with van der Waals surface area (Å²) in [6, 6.07) is 0. The molecule has 2 aromatic heterocycles. The van der Waals surface area contributed by atoms with Gasteiger partial charge in [-0.05, 0) is 29.8 Å². The Morgan fingerprint density at radius 2 is 2.00 bits per heavy atom. The Morgan fingerprint density at radius 3 is 2.63 bits per heavy atom. The van der Waals surface area contributed by atoms with Crippen LogP contribution in [0.1, 0.15) is 17.6 Å². The van der Waals surface area contributed by atoms with Crippen molar-refractivity contribution in [1.82, 2.24) is 15.0 Å². The van der Waals surface area contributed by atoms with Crippen molar-refractivity contribution in [3.63, 3.8) is 0 Å². The highest BCUT2D eigenvalue weighted by molar-refractivity contribution is 9.10. The number of thiazole rings is 1. The fraction of sp³-hybridized carbons (Fsp3) is 0.417. The standard InChI is InChI=1S/C12H16BrN5S/c1-3-14-11-10(13)12(17-7-16-11)15-5-4-9-18-8(2)6-19-9/h6-7H,3-5H2,1-2H3,(H2,14,15,16,17). The minimum atomic E-state index is 0.800. The van der Waals surface area contributed by atoms with Gasteiger partial charge in [0.05, 0.1) is 5.01 Å². The van der Waals surface area contributed by atoms with Crippen LogP contribution in [0.5, 0.6) is 0 Å². The molecule has 0 saturated carbocycles. The van der Waals surface area contributed by atoms with Crippen LogP contribution >= 0.6 is 27.3 Å². The lowest BCUT2D eigenvalue weighted by atomic mass is 10.4. The lowest BCUT2D eigenvalue weighted by molar-refractivity contribution is 0.970. The summed E-state index contributed by atoms with van der Waals surface area (Å²) >= 11 is 5.20. The smallest absolute Gasteiger partial charge is 0.145 e. The monoisotopic (exact) mass is 341 g/mol. The zero-order chi connectivity index (χ0) is 13.7. The molecule has 102 valence electrons. The summed E-state index contributed by atoms with van der Waals surface area (Å²) in [6.45, 7) is 5.67. The predicted molar refractivity (Wildman–Crippen MR) is 82.9 cm³/mol. The Labute approximate surface area is 125 Å². The van der Waals surface area contributed by atoms with Crippen LogP contribution in [0.3, 0.4) is 0 Å². The van der Waals surface area contributed by atoms with E-state index in [4.69, 9.17) is 0 Å². The SMILES string of the molecule is CCNc1ncnc(NCCc2nc(C)cs2)c1Br. The highest BCUT2D eigenvalue weighted by Crippen LogP contribution is 2.26. The lowest BCUT2D eigenvalue weighted by Crippen LogP contribution is -2.09. The molecule has 0 amide bonds. The molecule has 0 aliphatic heterocycles. The van der Waals surface area contributed by atoms with Crippen molar-refractivity contribution >= 4 is 38.9 Å². The molecule has 0 fully saturated rings. The molecule has 0 atom stereocenters. The van der Waals surface area contributed by atoms with Crippen LogP contribution in [-0.2, 0) is 6.42 Å². The number of halogens is 1. The number of aryl methyl sites for hydroxylation is 1. The molecule has 2 heterocycles. The van der Waals surface area contributed by atoms with E-state index < -0.39 is 0 Å². The predicted octanol–water partition coefficient (Wildman–Crippen LogP) is 3.09. The van der Waals surface area contributed by atoms with Gasteiger partial charge in [0.1, 0.15) is 22.4 Å². The van der Waals surface area contributed by atoms with E-state index in [2.05, 4.69) is 46.9 Å². The van der Waals surface area contributed by atoms with Gasteiger partial charge in [0, 0.05) is 30.6 Å². The molecule has 19 heavy (non-hydrogen) atoms. The molecular formula is C12H16BrN5S. The summed E-state index contributed by atoms with van der Waals surface area (Å²) in [4.78, 5) is 12.8. The summed E-state index contributed by atoms with van der Waals surface area (Å²) in [5.74, 6) is 1.62. The van der Waals surface area contributed by atoms with Gasteiger partial charge < -0.3 is 10.6 Å². The molecule has 5 nitrogen and oxygen atoms in total. The number of nitrogens with zero attached hydrogens (tertiary/aromatic N) is 3. The van der Waals surface area contributed by atoms with Crippen molar-refractivity contribution in [3.05, 3.63) is 26.9 Å². The van der Waals surface area contributed by atoms with E-state index in [1.54, 1.807) is 17.7 Å². The summed E-state index contributed by atoms with van der Waals surface area (Å²) in [6.07, 6.45) is 2.45. The van der Waals surface area contributed by atoms with Crippen LogP contribution in [0.4, 0.5) is 11.6 Å².